The third-order valence-electron chi connectivity index (χ3n) is 3.16. The van der Waals surface area contributed by atoms with Crippen LogP contribution in [-0.2, 0) is 0 Å². The smallest absolute Gasteiger partial charge is 0.274 e. The van der Waals surface area contributed by atoms with Gasteiger partial charge < -0.3 is 10.3 Å². The molecule has 0 bridgehead atoms. The van der Waals surface area contributed by atoms with Crippen LogP contribution in [0.1, 0.15) is 38.2 Å². The first-order valence-electron chi connectivity index (χ1n) is 5.83. The Morgan fingerprint density at radius 1 is 1.44 bits per heavy atom. The largest absolute Gasteiger partial charge is 0.337 e. The number of carbonyl (C=O) groups is 1. The van der Waals surface area contributed by atoms with Gasteiger partial charge in [0.2, 0.25) is 0 Å². The van der Waals surface area contributed by atoms with Gasteiger partial charge in [-0.25, -0.2) is 10.8 Å². The lowest BCUT2D eigenvalue weighted by molar-refractivity contribution is 0.0623. The van der Waals surface area contributed by atoms with Crippen LogP contribution in [0.4, 0.5) is 5.82 Å². The molecule has 0 spiro atoms. The summed E-state index contributed by atoms with van der Waals surface area (Å²) in [7, 11) is 1.77. The number of amides is 1. The lowest BCUT2D eigenvalue weighted by atomic mass is 9.87. The van der Waals surface area contributed by atoms with E-state index in [2.05, 4.69) is 36.2 Å². The summed E-state index contributed by atoms with van der Waals surface area (Å²) in [6, 6.07) is 0.0845. The molecule has 0 aliphatic rings. The Labute approximate surface area is 108 Å². The van der Waals surface area contributed by atoms with Crippen LogP contribution < -0.4 is 11.3 Å². The molecule has 1 atom stereocenters. The van der Waals surface area contributed by atoms with E-state index in [-0.39, 0.29) is 23.1 Å². The first kappa shape index (κ1) is 14.4. The first-order chi connectivity index (χ1) is 8.27. The van der Waals surface area contributed by atoms with Crippen molar-refractivity contribution in [3.05, 3.63) is 18.1 Å². The normalized spacial score (nSPS) is 13.0. The highest BCUT2D eigenvalue weighted by Gasteiger charge is 2.28. The Balaban J connectivity index is 2.93. The van der Waals surface area contributed by atoms with E-state index in [0.29, 0.717) is 5.82 Å². The third-order valence-corrected chi connectivity index (χ3v) is 3.16. The summed E-state index contributed by atoms with van der Waals surface area (Å²) in [5.41, 5.74) is 2.66. The molecule has 0 saturated heterocycles. The first-order valence-corrected chi connectivity index (χ1v) is 5.83. The highest BCUT2D eigenvalue weighted by atomic mass is 16.2. The molecule has 1 unspecified atom stereocenters. The molecule has 1 aromatic rings. The summed E-state index contributed by atoms with van der Waals surface area (Å²) in [5.74, 6) is 5.45. The van der Waals surface area contributed by atoms with Crippen molar-refractivity contribution in [2.45, 2.75) is 33.7 Å². The van der Waals surface area contributed by atoms with Crippen molar-refractivity contribution in [1.82, 2.24) is 14.9 Å². The van der Waals surface area contributed by atoms with Gasteiger partial charge in [-0.3, -0.25) is 9.78 Å². The van der Waals surface area contributed by atoms with E-state index in [4.69, 9.17) is 5.84 Å². The number of aromatic nitrogens is 2. The number of carbonyl (C=O) groups excluding carboxylic acids is 1. The zero-order valence-corrected chi connectivity index (χ0v) is 11.6. The van der Waals surface area contributed by atoms with Crippen LogP contribution in [0.2, 0.25) is 0 Å². The minimum absolute atomic E-state index is 0.00155. The monoisotopic (exact) mass is 251 g/mol. The van der Waals surface area contributed by atoms with Gasteiger partial charge in [0.1, 0.15) is 5.69 Å². The predicted molar refractivity (Wildman–Crippen MR) is 70.9 cm³/mol. The lowest BCUT2D eigenvalue weighted by Crippen LogP contribution is -2.43. The average Bonchev–Trinajstić information content (AvgIpc) is 2.35. The second-order valence-corrected chi connectivity index (χ2v) is 5.39. The molecule has 100 valence electrons. The van der Waals surface area contributed by atoms with Crippen LogP contribution in [0.15, 0.2) is 12.4 Å². The summed E-state index contributed by atoms with van der Waals surface area (Å²) in [6.07, 6.45) is 2.90. The molecule has 0 fully saturated rings. The Morgan fingerprint density at radius 2 is 2.06 bits per heavy atom. The fourth-order valence-electron chi connectivity index (χ4n) is 1.48. The second kappa shape index (κ2) is 5.30. The molecule has 3 N–H and O–H groups in total. The van der Waals surface area contributed by atoms with Crippen LogP contribution in [0, 0.1) is 5.41 Å². The number of nitrogens with one attached hydrogen (secondary N) is 1. The fraction of sp³-hybridized carbons (Fsp3) is 0.583. The van der Waals surface area contributed by atoms with E-state index in [9.17, 15) is 4.79 Å². The van der Waals surface area contributed by atoms with Gasteiger partial charge in [0.15, 0.2) is 5.82 Å². The van der Waals surface area contributed by atoms with Crippen molar-refractivity contribution in [2.24, 2.45) is 11.3 Å². The number of hydrazine groups is 1. The summed E-state index contributed by atoms with van der Waals surface area (Å²) >= 11 is 0. The van der Waals surface area contributed by atoms with E-state index in [1.807, 2.05) is 6.92 Å². The molecule has 0 saturated carbocycles. The van der Waals surface area contributed by atoms with E-state index in [0.717, 1.165) is 0 Å². The average molecular weight is 251 g/mol. The van der Waals surface area contributed by atoms with Crippen LogP contribution in [0.3, 0.4) is 0 Å². The van der Waals surface area contributed by atoms with Gasteiger partial charge in [-0.05, 0) is 12.3 Å². The van der Waals surface area contributed by atoms with Crippen molar-refractivity contribution < 1.29 is 4.79 Å². The molecule has 6 nitrogen and oxygen atoms in total. The molecular weight excluding hydrogens is 230 g/mol. The standard InChI is InChI=1S/C12H21N5O/c1-8(12(2,3)4)17(5)11(18)9-6-14-7-10(15-9)16-13/h6-8H,13H2,1-5H3,(H,15,16). The molecule has 0 aliphatic heterocycles. The van der Waals surface area contributed by atoms with E-state index in [1.54, 1.807) is 11.9 Å². The summed E-state index contributed by atoms with van der Waals surface area (Å²) in [4.78, 5) is 21.9. The van der Waals surface area contributed by atoms with E-state index >= 15 is 0 Å². The van der Waals surface area contributed by atoms with E-state index in [1.165, 1.54) is 12.4 Å². The molecule has 1 amide bonds. The van der Waals surface area contributed by atoms with Gasteiger partial charge in [-0.15, -0.1) is 0 Å². The molecule has 18 heavy (non-hydrogen) atoms. The maximum Gasteiger partial charge on any atom is 0.274 e. The second-order valence-electron chi connectivity index (χ2n) is 5.39. The molecule has 0 aromatic carbocycles. The number of nitrogen functional groups attached to an aromatic ring is 1. The Morgan fingerprint density at radius 3 is 2.56 bits per heavy atom. The number of nitrogens with two attached hydrogens (primary N) is 1. The van der Waals surface area contributed by atoms with Gasteiger partial charge in [0, 0.05) is 13.1 Å². The molecule has 1 rings (SSSR count). The zero-order chi connectivity index (χ0) is 13.9. The van der Waals surface area contributed by atoms with Gasteiger partial charge in [-0.1, -0.05) is 20.8 Å². The summed E-state index contributed by atoms with van der Waals surface area (Å²) in [6.45, 7) is 8.28. The summed E-state index contributed by atoms with van der Waals surface area (Å²) < 4.78 is 0. The van der Waals surface area contributed by atoms with Crippen molar-refractivity contribution in [3.8, 4) is 0 Å². The van der Waals surface area contributed by atoms with Gasteiger partial charge >= 0.3 is 0 Å². The minimum atomic E-state index is -0.165. The van der Waals surface area contributed by atoms with Gasteiger partial charge in [0.25, 0.3) is 5.91 Å². The maximum atomic E-state index is 12.3. The maximum absolute atomic E-state index is 12.3. The van der Waals surface area contributed by atoms with E-state index < -0.39 is 0 Å². The number of hydrogen-bond acceptors (Lipinski definition) is 5. The minimum Gasteiger partial charge on any atom is -0.337 e. The Kier molecular flexibility index (Phi) is 4.24. The van der Waals surface area contributed by atoms with Crippen LogP contribution >= 0.6 is 0 Å². The predicted octanol–water partition coefficient (Wildman–Crippen LogP) is 1.27. The van der Waals surface area contributed by atoms with Gasteiger partial charge in [-0.2, -0.15) is 0 Å². The van der Waals surface area contributed by atoms with Crippen LogP contribution in [-0.4, -0.2) is 33.9 Å². The van der Waals surface area contributed by atoms with Crippen LogP contribution in [0.5, 0.6) is 0 Å². The van der Waals surface area contributed by atoms with Crippen molar-refractivity contribution in [2.75, 3.05) is 12.5 Å². The number of nitrogens with zero attached hydrogens (tertiary/aromatic N) is 3. The topological polar surface area (TPSA) is 84.1 Å². The molecular formula is C12H21N5O. The fourth-order valence-corrected chi connectivity index (χ4v) is 1.48. The molecule has 1 aromatic heterocycles. The Bertz CT molecular complexity index is 427. The zero-order valence-electron chi connectivity index (χ0n) is 11.6. The number of anilines is 1. The number of hydrogen-bond donors (Lipinski definition) is 2. The SMILES string of the molecule is CC(N(C)C(=O)c1cncc(NN)n1)C(C)(C)C. The highest BCUT2D eigenvalue weighted by molar-refractivity contribution is 5.92. The Hall–Kier alpha value is -1.69. The quantitative estimate of drug-likeness (QED) is 0.624. The van der Waals surface area contributed by atoms with Crippen LogP contribution in [0.25, 0.3) is 0 Å². The number of rotatable bonds is 3. The van der Waals surface area contributed by atoms with Crippen molar-refractivity contribution in [1.29, 1.82) is 0 Å². The third kappa shape index (κ3) is 3.16. The van der Waals surface area contributed by atoms with Crippen molar-refractivity contribution >= 4 is 11.7 Å². The molecule has 6 heteroatoms. The summed E-state index contributed by atoms with van der Waals surface area (Å²) in [5, 5.41) is 0. The van der Waals surface area contributed by atoms with Crippen molar-refractivity contribution in [3.63, 3.8) is 0 Å². The molecule has 1 heterocycles. The van der Waals surface area contributed by atoms with Gasteiger partial charge in [0.05, 0.1) is 12.4 Å². The highest BCUT2D eigenvalue weighted by Crippen LogP contribution is 2.23. The lowest BCUT2D eigenvalue weighted by Gasteiger charge is -2.35. The molecule has 0 radical (unpaired) electrons. The molecule has 0 aliphatic carbocycles.